The molecule has 1 aromatic carbocycles. The summed E-state index contributed by atoms with van der Waals surface area (Å²) in [6.45, 7) is -0.141. The van der Waals surface area contributed by atoms with Crippen LogP contribution in [0.15, 0.2) is 23.3 Å². The standard InChI is InChI=1S/C11H11F3N4O4/c12-11(13,14)7-2-1-6(5-8(7)18(21)22)10(20)9(19)3-4-16-17-15/h1-2,5,9-10,19-20H,3-4H2. The number of benzene rings is 1. The fourth-order valence-electron chi connectivity index (χ4n) is 1.74. The Hall–Kier alpha value is -2.36. The van der Waals surface area contributed by atoms with Crippen LogP contribution in [0.3, 0.4) is 0 Å². The molecule has 0 fully saturated rings. The predicted octanol–water partition coefficient (Wildman–Crippen LogP) is 2.71. The van der Waals surface area contributed by atoms with Gasteiger partial charge in [0.05, 0.1) is 11.0 Å². The lowest BCUT2D eigenvalue weighted by Gasteiger charge is -2.18. The lowest BCUT2D eigenvalue weighted by atomic mass is 9.99. The SMILES string of the molecule is [N-]=[N+]=NCCC(O)C(O)c1ccc(C(F)(F)F)c([N+](=O)[O-])c1. The molecule has 11 heteroatoms. The Kier molecular flexibility index (Phi) is 5.69. The summed E-state index contributed by atoms with van der Waals surface area (Å²) >= 11 is 0. The molecule has 0 saturated heterocycles. The van der Waals surface area contributed by atoms with Gasteiger partial charge in [0.25, 0.3) is 5.69 Å². The van der Waals surface area contributed by atoms with E-state index in [1.807, 2.05) is 0 Å². The van der Waals surface area contributed by atoms with Crippen LogP contribution in [0, 0.1) is 10.1 Å². The van der Waals surface area contributed by atoms with Crippen LogP contribution < -0.4 is 0 Å². The zero-order valence-corrected chi connectivity index (χ0v) is 10.9. The van der Waals surface area contributed by atoms with Crippen LogP contribution in [-0.2, 0) is 6.18 Å². The first-order chi connectivity index (χ1) is 10.2. The maximum atomic E-state index is 12.6. The smallest absolute Gasteiger partial charge is 0.390 e. The van der Waals surface area contributed by atoms with Gasteiger partial charge in [-0.2, -0.15) is 13.2 Å². The largest absolute Gasteiger partial charge is 0.422 e. The Bertz CT molecular complexity index is 601. The van der Waals surface area contributed by atoms with Crippen molar-refractivity contribution in [1.29, 1.82) is 0 Å². The second kappa shape index (κ2) is 7.07. The number of alkyl halides is 3. The molecule has 8 nitrogen and oxygen atoms in total. The summed E-state index contributed by atoms with van der Waals surface area (Å²) in [6, 6.07) is 1.87. The van der Waals surface area contributed by atoms with Crippen molar-refractivity contribution in [2.45, 2.75) is 24.8 Å². The monoisotopic (exact) mass is 320 g/mol. The fourth-order valence-corrected chi connectivity index (χ4v) is 1.74. The van der Waals surface area contributed by atoms with Crippen molar-refractivity contribution in [1.82, 2.24) is 0 Å². The van der Waals surface area contributed by atoms with Gasteiger partial charge in [-0.25, -0.2) is 0 Å². The van der Waals surface area contributed by atoms with Crippen molar-refractivity contribution in [2.24, 2.45) is 5.11 Å². The van der Waals surface area contributed by atoms with Gasteiger partial charge >= 0.3 is 6.18 Å². The molecule has 22 heavy (non-hydrogen) atoms. The minimum atomic E-state index is -4.91. The van der Waals surface area contributed by atoms with Gasteiger partial charge in [-0.15, -0.1) is 0 Å². The molecule has 0 aliphatic heterocycles. The van der Waals surface area contributed by atoms with Crippen molar-refractivity contribution < 1.29 is 28.3 Å². The number of aliphatic hydroxyl groups excluding tert-OH is 2. The van der Waals surface area contributed by atoms with Crippen LogP contribution in [0.5, 0.6) is 0 Å². The highest BCUT2D eigenvalue weighted by Crippen LogP contribution is 2.37. The number of nitro groups is 1. The molecule has 2 unspecified atom stereocenters. The van der Waals surface area contributed by atoms with Crippen LogP contribution in [0.25, 0.3) is 10.4 Å². The number of hydrogen-bond donors (Lipinski definition) is 2. The third-order valence-corrected chi connectivity index (χ3v) is 2.82. The third-order valence-electron chi connectivity index (χ3n) is 2.82. The second-order valence-electron chi connectivity index (χ2n) is 4.29. The molecule has 0 aliphatic rings. The van der Waals surface area contributed by atoms with Gasteiger partial charge in [-0.1, -0.05) is 11.2 Å². The van der Waals surface area contributed by atoms with E-state index in [1.165, 1.54) is 0 Å². The van der Waals surface area contributed by atoms with Gasteiger partial charge in [-0.05, 0) is 23.6 Å². The summed E-state index contributed by atoms with van der Waals surface area (Å²) in [5.41, 5.74) is 5.17. The van der Waals surface area contributed by atoms with Gasteiger partial charge in [-0.3, -0.25) is 10.1 Å². The molecule has 0 aromatic heterocycles. The van der Waals surface area contributed by atoms with E-state index in [2.05, 4.69) is 10.0 Å². The predicted molar refractivity (Wildman–Crippen MR) is 67.7 cm³/mol. The first kappa shape index (κ1) is 17.7. The van der Waals surface area contributed by atoms with E-state index in [-0.39, 0.29) is 18.5 Å². The maximum Gasteiger partial charge on any atom is 0.422 e. The molecule has 0 aliphatic carbocycles. The van der Waals surface area contributed by atoms with Gasteiger partial charge < -0.3 is 10.2 Å². The molecule has 0 saturated carbocycles. The van der Waals surface area contributed by atoms with Gasteiger partial charge in [0.1, 0.15) is 11.7 Å². The Morgan fingerprint density at radius 3 is 2.55 bits per heavy atom. The summed E-state index contributed by atoms with van der Waals surface area (Å²) in [5.74, 6) is 0. The zero-order chi connectivity index (χ0) is 16.9. The molecule has 2 atom stereocenters. The molecule has 0 heterocycles. The summed E-state index contributed by atoms with van der Waals surface area (Å²) in [5, 5.41) is 33.3. The molecule has 1 aromatic rings. The minimum Gasteiger partial charge on any atom is -0.390 e. The average molecular weight is 320 g/mol. The zero-order valence-electron chi connectivity index (χ0n) is 10.9. The summed E-state index contributed by atoms with van der Waals surface area (Å²) in [6.07, 6.45) is -8.15. The van der Waals surface area contributed by atoms with Crippen molar-refractivity contribution >= 4 is 5.69 Å². The van der Waals surface area contributed by atoms with Crippen LogP contribution >= 0.6 is 0 Å². The van der Waals surface area contributed by atoms with E-state index < -0.39 is 34.6 Å². The number of azide groups is 1. The first-order valence-corrected chi connectivity index (χ1v) is 5.91. The highest BCUT2D eigenvalue weighted by molar-refractivity contribution is 5.45. The molecule has 0 radical (unpaired) electrons. The maximum absolute atomic E-state index is 12.6. The summed E-state index contributed by atoms with van der Waals surface area (Å²) < 4.78 is 37.9. The molecule has 120 valence electrons. The first-order valence-electron chi connectivity index (χ1n) is 5.91. The number of aliphatic hydroxyl groups is 2. The van der Waals surface area contributed by atoms with Crippen molar-refractivity contribution in [3.63, 3.8) is 0 Å². The summed E-state index contributed by atoms with van der Waals surface area (Å²) in [4.78, 5) is 11.9. The van der Waals surface area contributed by atoms with Gasteiger partial charge in [0, 0.05) is 17.5 Å². The molecule has 0 amide bonds. The topological polar surface area (TPSA) is 132 Å². The van der Waals surface area contributed by atoms with Crippen molar-refractivity contribution in [3.05, 3.63) is 49.9 Å². The highest BCUT2D eigenvalue weighted by atomic mass is 19.4. The fraction of sp³-hybridized carbons (Fsp3) is 0.455. The van der Waals surface area contributed by atoms with Crippen LogP contribution in [0.1, 0.15) is 23.7 Å². The highest BCUT2D eigenvalue weighted by Gasteiger charge is 2.38. The average Bonchev–Trinajstić information content (AvgIpc) is 2.45. The number of hydrogen-bond acceptors (Lipinski definition) is 5. The van der Waals surface area contributed by atoms with Gasteiger partial charge in [0.15, 0.2) is 0 Å². The minimum absolute atomic E-state index is 0.141. The summed E-state index contributed by atoms with van der Waals surface area (Å²) in [7, 11) is 0. The third kappa shape index (κ3) is 4.32. The van der Waals surface area contributed by atoms with Crippen LogP contribution in [0.2, 0.25) is 0 Å². The number of halogens is 3. The number of nitro benzene ring substituents is 1. The Balaban J connectivity index is 3.08. The molecule has 2 N–H and O–H groups in total. The molecule has 1 rings (SSSR count). The van der Waals surface area contributed by atoms with E-state index in [0.29, 0.717) is 12.1 Å². The number of nitrogens with zero attached hydrogens (tertiary/aromatic N) is 4. The van der Waals surface area contributed by atoms with E-state index in [1.54, 1.807) is 0 Å². The van der Waals surface area contributed by atoms with E-state index in [0.717, 1.165) is 6.07 Å². The van der Waals surface area contributed by atoms with E-state index >= 15 is 0 Å². The van der Waals surface area contributed by atoms with Crippen molar-refractivity contribution in [3.8, 4) is 0 Å². The van der Waals surface area contributed by atoms with Crippen LogP contribution in [-0.4, -0.2) is 27.8 Å². The molecule has 0 spiro atoms. The normalized spacial score (nSPS) is 14.0. The lowest BCUT2D eigenvalue weighted by molar-refractivity contribution is -0.388. The Morgan fingerprint density at radius 2 is 2.05 bits per heavy atom. The van der Waals surface area contributed by atoms with E-state index in [9.17, 15) is 33.5 Å². The quantitative estimate of drug-likeness (QED) is 0.274. The van der Waals surface area contributed by atoms with Crippen molar-refractivity contribution in [2.75, 3.05) is 6.54 Å². The van der Waals surface area contributed by atoms with Crippen LogP contribution in [0.4, 0.5) is 18.9 Å². The van der Waals surface area contributed by atoms with E-state index in [4.69, 9.17) is 5.53 Å². The number of rotatable bonds is 6. The Labute approximate surface area is 121 Å². The molecular weight excluding hydrogens is 309 g/mol. The second-order valence-corrected chi connectivity index (χ2v) is 4.29. The molecular formula is C11H11F3N4O4. The lowest BCUT2D eigenvalue weighted by Crippen LogP contribution is -2.20. The Morgan fingerprint density at radius 1 is 1.41 bits per heavy atom. The van der Waals surface area contributed by atoms with Gasteiger partial charge in [0.2, 0.25) is 0 Å². The molecule has 0 bridgehead atoms.